The SMILES string of the molecule is Fc1cccc(Cl)c1CSc1nnc(N2CCOCC2)n1-c1ccccc1. The van der Waals surface area contributed by atoms with Gasteiger partial charge in [-0.3, -0.25) is 4.57 Å². The Morgan fingerprint density at radius 2 is 1.81 bits per heavy atom. The van der Waals surface area contributed by atoms with Crippen molar-refractivity contribution in [3.63, 3.8) is 0 Å². The number of morpholine rings is 1. The van der Waals surface area contributed by atoms with Crippen molar-refractivity contribution >= 4 is 29.3 Å². The summed E-state index contributed by atoms with van der Waals surface area (Å²) in [6.45, 7) is 2.84. The number of para-hydroxylation sites is 1. The minimum Gasteiger partial charge on any atom is -0.378 e. The highest BCUT2D eigenvalue weighted by Gasteiger charge is 2.22. The van der Waals surface area contributed by atoms with Gasteiger partial charge in [0.15, 0.2) is 5.16 Å². The molecule has 0 saturated carbocycles. The van der Waals surface area contributed by atoms with Crippen molar-refractivity contribution < 1.29 is 9.13 Å². The molecule has 5 nitrogen and oxygen atoms in total. The van der Waals surface area contributed by atoms with Crippen LogP contribution in [0.2, 0.25) is 5.02 Å². The van der Waals surface area contributed by atoms with Crippen LogP contribution in [0.4, 0.5) is 10.3 Å². The normalized spacial score (nSPS) is 14.5. The maximum Gasteiger partial charge on any atom is 0.232 e. The average Bonchev–Trinajstić information content (AvgIpc) is 3.13. The maximum atomic E-state index is 14.1. The standard InChI is InChI=1S/C19H18ClFN4OS/c20-16-7-4-8-17(21)15(16)13-27-19-23-22-18(24-9-11-26-12-10-24)25(19)14-5-2-1-3-6-14/h1-8H,9-13H2. The third kappa shape index (κ3) is 3.95. The van der Waals surface area contributed by atoms with E-state index in [1.54, 1.807) is 12.1 Å². The molecule has 140 valence electrons. The number of aromatic nitrogens is 3. The smallest absolute Gasteiger partial charge is 0.232 e. The van der Waals surface area contributed by atoms with Crippen molar-refractivity contribution in [2.24, 2.45) is 0 Å². The maximum absolute atomic E-state index is 14.1. The lowest BCUT2D eigenvalue weighted by molar-refractivity contribution is 0.122. The van der Waals surface area contributed by atoms with Crippen LogP contribution in [0.25, 0.3) is 5.69 Å². The first-order valence-corrected chi connectivity index (χ1v) is 9.99. The highest BCUT2D eigenvalue weighted by Crippen LogP contribution is 2.31. The molecule has 27 heavy (non-hydrogen) atoms. The van der Waals surface area contributed by atoms with Gasteiger partial charge in [0, 0.05) is 29.4 Å². The largest absolute Gasteiger partial charge is 0.378 e. The molecule has 1 saturated heterocycles. The van der Waals surface area contributed by atoms with Gasteiger partial charge in [-0.2, -0.15) is 0 Å². The number of benzene rings is 2. The van der Waals surface area contributed by atoms with Gasteiger partial charge in [0.2, 0.25) is 5.95 Å². The summed E-state index contributed by atoms with van der Waals surface area (Å²) in [5.41, 5.74) is 1.44. The van der Waals surface area contributed by atoms with Gasteiger partial charge in [-0.1, -0.05) is 47.6 Å². The Balaban J connectivity index is 1.67. The fourth-order valence-corrected chi connectivity index (χ4v) is 4.22. The van der Waals surface area contributed by atoms with Gasteiger partial charge in [0.05, 0.1) is 18.9 Å². The molecule has 2 aromatic carbocycles. The van der Waals surface area contributed by atoms with Crippen LogP contribution in [0, 0.1) is 5.82 Å². The van der Waals surface area contributed by atoms with Gasteiger partial charge in [0.1, 0.15) is 5.82 Å². The second-order valence-corrected chi connectivity index (χ2v) is 7.39. The number of rotatable bonds is 5. The molecule has 3 aromatic rings. The molecule has 0 radical (unpaired) electrons. The Morgan fingerprint density at radius 1 is 1.04 bits per heavy atom. The number of ether oxygens (including phenoxy) is 1. The Morgan fingerprint density at radius 3 is 2.56 bits per heavy atom. The molecule has 8 heteroatoms. The molecule has 1 aliphatic heterocycles. The third-order valence-electron chi connectivity index (χ3n) is 4.33. The number of hydrogen-bond acceptors (Lipinski definition) is 5. The molecule has 0 atom stereocenters. The molecule has 0 unspecified atom stereocenters. The second kappa shape index (κ2) is 8.29. The molecule has 0 N–H and O–H groups in total. The van der Waals surface area contributed by atoms with Crippen molar-refractivity contribution in [1.82, 2.24) is 14.8 Å². The van der Waals surface area contributed by atoms with Crippen LogP contribution in [-0.4, -0.2) is 41.1 Å². The number of hydrogen-bond donors (Lipinski definition) is 0. The lowest BCUT2D eigenvalue weighted by Crippen LogP contribution is -2.37. The average molecular weight is 405 g/mol. The Bertz CT molecular complexity index is 895. The highest BCUT2D eigenvalue weighted by molar-refractivity contribution is 7.98. The third-order valence-corrected chi connectivity index (χ3v) is 5.64. The highest BCUT2D eigenvalue weighted by atomic mass is 35.5. The lowest BCUT2D eigenvalue weighted by Gasteiger charge is -2.27. The zero-order valence-corrected chi connectivity index (χ0v) is 16.1. The lowest BCUT2D eigenvalue weighted by atomic mass is 10.2. The van der Waals surface area contributed by atoms with E-state index >= 15 is 0 Å². The zero-order chi connectivity index (χ0) is 18.6. The van der Waals surface area contributed by atoms with E-state index in [4.69, 9.17) is 16.3 Å². The predicted molar refractivity (Wildman–Crippen MR) is 105 cm³/mol. The molecule has 2 heterocycles. The number of anilines is 1. The first-order valence-electron chi connectivity index (χ1n) is 8.63. The monoisotopic (exact) mass is 404 g/mol. The molecule has 0 aliphatic carbocycles. The molecular weight excluding hydrogens is 387 g/mol. The first-order chi connectivity index (χ1) is 13.2. The van der Waals surface area contributed by atoms with Crippen LogP contribution in [-0.2, 0) is 10.5 Å². The van der Waals surface area contributed by atoms with Crippen LogP contribution >= 0.6 is 23.4 Å². The van der Waals surface area contributed by atoms with Crippen molar-refractivity contribution in [3.05, 3.63) is 64.9 Å². The van der Waals surface area contributed by atoms with E-state index in [1.165, 1.54) is 17.8 Å². The first kappa shape index (κ1) is 18.3. The topological polar surface area (TPSA) is 43.2 Å². The van der Waals surface area contributed by atoms with Crippen molar-refractivity contribution in [2.45, 2.75) is 10.9 Å². The number of thioether (sulfide) groups is 1. The van der Waals surface area contributed by atoms with Crippen LogP contribution in [0.1, 0.15) is 5.56 Å². The van der Waals surface area contributed by atoms with Crippen LogP contribution in [0.3, 0.4) is 0 Å². The summed E-state index contributed by atoms with van der Waals surface area (Å²) in [7, 11) is 0. The molecule has 1 aromatic heterocycles. The molecule has 0 spiro atoms. The van der Waals surface area contributed by atoms with E-state index in [0.717, 1.165) is 24.7 Å². The minimum atomic E-state index is -0.311. The Hall–Kier alpha value is -2.09. The van der Waals surface area contributed by atoms with E-state index in [9.17, 15) is 4.39 Å². The summed E-state index contributed by atoms with van der Waals surface area (Å²) in [6, 6.07) is 14.6. The van der Waals surface area contributed by atoms with Crippen molar-refractivity contribution in [1.29, 1.82) is 0 Å². The summed E-state index contributed by atoms with van der Waals surface area (Å²) >= 11 is 7.58. The molecular formula is C19H18ClFN4OS. The van der Waals surface area contributed by atoms with E-state index in [0.29, 0.717) is 34.7 Å². The second-order valence-electron chi connectivity index (χ2n) is 6.04. The van der Waals surface area contributed by atoms with Crippen molar-refractivity contribution in [2.75, 3.05) is 31.2 Å². The van der Waals surface area contributed by atoms with E-state index in [2.05, 4.69) is 15.1 Å². The van der Waals surface area contributed by atoms with E-state index in [-0.39, 0.29) is 5.82 Å². The van der Waals surface area contributed by atoms with Crippen LogP contribution in [0.15, 0.2) is 53.7 Å². The Labute approximate surface area is 166 Å². The van der Waals surface area contributed by atoms with E-state index in [1.807, 2.05) is 34.9 Å². The summed E-state index contributed by atoms with van der Waals surface area (Å²) in [4.78, 5) is 2.16. The summed E-state index contributed by atoms with van der Waals surface area (Å²) in [5, 5.41) is 9.89. The van der Waals surface area contributed by atoms with Gasteiger partial charge in [-0.05, 0) is 24.3 Å². The number of halogens is 2. The fourth-order valence-electron chi connectivity index (χ4n) is 2.93. The molecule has 0 amide bonds. The van der Waals surface area contributed by atoms with Gasteiger partial charge in [-0.25, -0.2) is 4.39 Å². The van der Waals surface area contributed by atoms with Gasteiger partial charge in [0.25, 0.3) is 0 Å². The van der Waals surface area contributed by atoms with Gasteiger partial charge < -0.3 is 9.64 Å². The zero-order valence-electron chi connectivity index (χ0n) is 14.5. The summed E-state index contributed by atoms with van der Waals surface area (Å²) < 4.78 is 21.6. The van der Waals surface area contributed by atoms with Crippen LogP contribution in [0.5, 0.6) is 0 Å². The van der Waals surface area contributed by atoms with Gasteiger partial charge >= 0.3 is 0 Å². The summed E-state index contributed by atoms with van der Waals surface area (Å²) in [6.07, 6.45) is 0. The van der Waals surface area contributed by atoms with Crippen molar-refractivity contribution in [3.8, 4) is 5.69 Å². The fraction of sp³-hybridized carbons (Fsp3) is 0.263. The Kier molecular flexibility index (Phi) is 5.61. The van der Waals surface area contributed by atoms with Gasteiger partial charge in [-0.15, -0.1) is 10.2 Å². The predicted octanol–water partition coefficient (Wildman–Crippen LogP) is 4.19. The molecule has 1 fully saturated rings. The molecule has 1 aliphatic rings. The minimum absolute atomic E-state index is 0.311. The summed E-state index contributed by atoms with van der Waals surface area (Å²) in [5.74, 6) is 0.834. The number of nitrogens with zero attached hydrogens (tertiary/aromatic N) is 4. The quantitative estimate of drug-likeness (QED) is 0.596. The van der Waals surface area contributed by atoms with E-state index < -0.39 is 0 Å². The van der Waals surface area contributed by atoms with Crippen LogP contribution < -0.4 is 4.90 Å². The molecule has 4 rings (SSSR count). The molecule has 0 bridgehead atoms.